The van der Waals surface area contributed by atoms with Crippen molar-refractivity contribution in [3.05, 3.63) is 68.4 Å². The van der Waals surface area contributed by atoms with Crippen molar-refractivity contribution in [2.75, 3.05) is 0 Å². The minimum Gasteiger partial charge on any atom is -0.481 e. The smallest absolute Gasteiger partial charge is 0.312 e. The first-order valence-corrected chi connectivity index (χ1v) is 6.85. The molecule has 1 aromatic heterocycles. The lowest BCUT2D eigenvalue weighted by atomic mass is 9.96. The van der Waals surface area contributed by atoms with E-state index in [9.17, 15) is 20.0 Å². The van der Waals surface area contributed by atoms with Crippen molar-refractivity contribution in [3.8, 4) is 0 Å². The van der Waals surface area contributed by atoms with E-state index in [0.29, 0.717) is 4.47 Å². The first kappa shape index (κ1) is 15.1. The molecule has 21 heavy (non-hydrogen) atoms. The number of carbonyl (C=O) groups is 1. The van der Waals surface area contributed by atoms with Crippen LogP contribution in [-0.2, 0) is 11.2 Å². The van der Waals surface area contributed by atoms with Crippen LogP contribution in [-0.4, -0.2) is 21.0 Å². The molecule has 108 valence electrons. The van der Waals surface area contributed by atoms with Gasteiger partial charge in [-0.2, -0.15) is 0 Å². The average Bonchev–Trinajstić information content (AvgIpc) is 2.46. The largest absolute Gasteiger partial charge is 0.481 e. The summed E-state index contributed by atoms with van der Waals surface area (Å²) in [4.78, 5) is 25.5. The Bertz CT molecular complexity index is 676. The van der Waals surface area contributed by atoms with E-state index in [1.165, 1.54) is 6.07 Å². The first-order valence-electron chi connectivity index (χ1n) is 6.05. The number of pyridine rings is 1. The lowest BCUT2D eigenvalue weighted by molar-refractivity contribution is -0.385. The topological polar surface area (TPSA) is 93.3 Å². The molecule has 0 saturated carbocycles. The van der Waals surface area contributed by atoms with Crippen LogP contribution in [0.1, 0.15) is 17.2 Å². The maximum absolute atomic E-state index is 11.5. The molecule has 1 atom stereocenters. The van der Waals surface area contributed by atoms with Crippen LogP contribution in [0.15, 0.2) is 47.1 Å². The summed E-state index contributed by atoms with van der Waals surface area (Å²) in [5.41, 5.74) is 0.948. The molecule has 0 aliphatic heterocycles. The van der Waals surface area contributed by atoms with Crippen molar-refractivity contribution in [3.63, 3.8) is 0 Å². The predicted octanol–water partition coefficient (Wildman–Crippen LogP) is 3.16. The van der Waals surface area contributed by atoms with Crippen LogP contribution >= 0.6 is 15.9 Å². The third kappa shape index (κ3) is 3.63. The first-order chi connectivity index (χ1) is 9.99. The van der Waals surface area contributed by atoms with Crippen LogP contribution in [0.5, 0.6) is 0 Å². The van der Waals surface area contributed by atoms with Crippen LogP contribution in [0.4, 0.5) is 5.69 Å². The highest BCUT2D eigenvalue weighted by Gasteiger charge is 2.25. The van der Waals surface area contributed by atoms with Crippen LogP contribution in [0.3, 0.4) is 0 Å². The molecule has 2 aromatic rings. The number of hydrogen-bond acceptors (Lipinski definition) is 4. The Kier molecular flexibility index (Phi) is 4.64. The third-order valence-corrected chi connectivity index (χ3v) is 3.61. The van der Waals surface area contributed by atoms with Crippen molar-refractivity contribution in [1.29, 1.82) is 0 Å². The molecule has 0 spiro atoms. The van der Waals surface area contributed by atoms with E-state index in [1.807, 2.05) is 30.3 Å². The van der Waals surface area contributed by atoms with Gasteiger partial charge in [0.1, 0.15) is 12.1 Å². The second kappa shape index (κ2) is 6.45. The van der Waals surface area contributed by atoms with Crippen molar-refractivity contribution in [2.24, 2.45) is 0 Å². The van der Waals surface area contributed by atoms with Gasteiger partial charge in [-0.25, -0.2) is 0 Å². The fraction of sp³-hybridized carbons (Fsp3) is 0.143. The minimum absolute atomic E-state index is 0.186. The maximum Gasteiger partial charge on any atom is 0.312 e. The second-order valence-corrected chi connectivity index (χ2v) is 5.25. The van der Waals surface area contributed by atoms with Crippen LogP contribution in [0.2, 0.25) is 0 Å². The number of halogens is 1. The predicted molar refractivity (Wildman–Crippen MR) is 79.1 cm³/mol. The van der Waals surface area contributed by atoms with Crippen molar-refractivity contribution in [2.45, 2.75) is 12.3 Å². The molecule has 1 aromatic carbocycles. The highest BCUT2D eigenvalue weighted by molar-refractivity contribution is 9.10. The van der Waals surface area contributed by atoms with Gasteiger partial charge in [0.25, 0.3) is 5.69 Å². The van der Waals surface area contributed by atoms with E-state index in [0.717, 1.165) is 11.8 Å². The zero-order chi connectivity index (χ0) is 15.4. The third-order valence-electron chi connectivity index (χ3n) is 2.98. The molecule has 2 rings (SSSR count). The van der Waals surface area contributed by atoms with Crippen molar-refractivity contribution in [1.82, 2.24) is 4.98 Å². The normalized spacial score (nSPS) is 11.9. The average molecular weight is 351 g/mol. The number of carboxylic acids is 1. The van der Waals surface area contributed by atoms with Crippen molar-refractivity contribution >= 4 is 27.6 Å². The van der Waals surface area contributed by atoms with E-state index in [1.54, 1.807) is 0 Å². The van der Waals surface area contributed by atoms with Gasteiger partial charge < -0.3 is 5.11 Å². The summed E-state index contributed by atoms with van der Waals surface area (Å²) in [5, 5.41) is 20.1. The highest BCUT2D eigenvalue weighted by atomic mass is 79.9. The molecule has 1 unspecified atom stereocenters. The van der Waals surface area contributed by atoms with Gasteiger partial charge in [0.05, 0.1) is 10.6 Å². The number of aromatic nitrogens is 1. The van der Waals surface area contributed by atoms with Gasteiger partial charge >= 0.3 is 5.97 Å². The van der Waals surface area contributed by atoms with Gasteiger partial charge in [-0.3, -0.25) is 19.9 Å². The number of carboxylic acid groups (broad SMARTS) is 1. The Morgan fingerprint density at radius 1 is 1.38 bits per heavy atom. The summed E-state index contributed by atoms with van der Waals surface area (Å²) in [6.45, 7) is 0. The molecule has 6 nitrogen and oxygen atoms in total. The molecule has 1 N–H and O–H groups in total. The lowest BCUT2D eigenvalue weighted by Gasteiger charge is -2.13. The summed E-state index contributed by atoms with van der Waals surface area (Å²) in [6, 6.07) is 10.4. The number of aliphatic carboxylic acids is 1. The number of nitro groups is 1. The molecule has 0 aliphatic rings. The molecule has 7 heteroatoms. The summed E-state index contributed by atoms with van der Waals surface area (Å²) in [7, 11) is 0. The quantitative estimate of drug-likeness (QED) is 0.660. The van der Waals surface area contributed by atoms with E-state index >= 15 is 0 Å². The Hall–Kier alpha value is -2.28. The van der Waals surface area contributed by atoms with Gasteiger partial charge in [0, 0.05) is 10.5 Å². The summed E-state index contributed by atoms with van der Waals surface area (Å²) < 4.78 is 0.319. The van der Waals surface area contributed by atoms with E-state index < -0.39 is 16.8 Å². The highest BCUT2D eigenvalue weighted by Crippen LogP contribution is 2.29. The molecule has 1 heterocycles. The van der Waals surface area contributed by atoms with Crippen LogP contribution in [0, 0.1) is 10.1 Å². The standard InChI is InChI=1S/C14H11BrN2O4/c15-12-7-10(17(20)21)8-16-13(12)11(14(18)19)6-9-4-2-1-3-5-9/h1-5,7-8,11H,6H2,(H,18,19). The summed E-state index contributed by atoms with van der Waals surface area (Å²) in [5.74, 6) is -1.90. The SMILES string of the molecule is O=C(O)C(Cc1ccccc1)c1ncc([N+](=O)[O-])cc1Br. The van der Waals surface area contributed by atoms with Crippen LogP contribution in [0.25, 0.3) is 0 Å². The number of rotatable bonds is 5. The molecule has 0 amide bonds. The number of nitrogens with zero attached hydrogens (tertiary/aromatic N) is 2. The molecular weight excluding hydrogens is 340 g/mol. The Morgan fingerprint density at radius 2 is 2.05 bits per heavy atom. The van der Waals surface area contributed by atoms with Crippen molar-refractivity contribution < 1.29 is 14.8 Å². The Balaban J connectivity index is 2.35. The summed E-state index contributed by atoms with van der Waals surface area (Å²) in [6.07, 6.45) is 1.33. The molecule has 0 saturated heterocycles. The van der Waals surface area contributed by atoms with Gasteiger partial charge in [0.2, 0.25) is 0 Å². The van der Waals surface area contributed by atoms with Gasteiger partial charge in [-0.1, -0.05) is 30.3 Å². The lowest BCUT2D eigenvalue weighted by Crippen LogP contribution is -2.16. The summed E-state index contributed by atoms with van der Waals surface area (Å²) >= 11 is 3.17. The molecule has 0 aliphatic carbocycles. The van der Waals surface area contributed by atoms with Gasteiger partial charge in [0.15, 0.2) is 0 Å². The molecule has 0 fully saturated rings. The number of hydrogen-bond donors (Lipinski definition) is 1. The van der Waals surface area contributed by atoms with Crippen LogP contribution < -0.4 is 0 Å². The minimum atomic E-state index is -1.03. The Labute approximate surface area is 128 Å². The van der Waals surface area contributed by atoms with Gasteiger partial charge in [-0.05, 0) is 27.9 Å². The van der Waals surface area contributed by atoms with E-state index in [2.05, 4.69) is 20.9 Å². The fourth-order valence-electron chi connectivity index (χ4n) is 1.95. The maximum atomic E-state index is 11.5. The zero-order valence-corrected chi connectivity index (χ0v) is 12.4. The zero-order valence-electron chi connectivity index (χ0n) is 10.8. The van der Waals surface area contributed by atoms with E-state index in [4.69, 9.17) is 0 Å². The monoisotopic (exact) mass is 350 g/mol. The van der Waals surface area contributed by atoms with E-state index in [-0.39, 0.29) is 17.8 Å². The Morgan fingerprint density at radius 3 is 2.57 bits per heavy atom. The molecular formula is C14H11BrN2O4. The fourth-order valence-corrected chi connectivity index (χ4v) is 2.56. The molecule has 0 radical (unpaired) electrons. The second-order valence-electron chi connectivity index (χ2n) is 4.40. The number of benzene rings is 1. The molecule has 0 bridgehead atoms. The van der Waals surface area contributed by atoms with Gasteiger partial charge in [-0.15, -0.1) is 0 Å².